The summed E-state index contributed by atoms with van der Waals surface area (Å²) in [4.78, 5) is 15.2. The Bertz CT molecular complexity index is 739. The lowest BCUT2D eigenvalue weighted by atomic mass is 9.93. The first kappa shape index (κ1) is 19.1. The van der Waals surface area contributed by atoms with Crippen LogP contribution in [0.4, 0.5) is 10.5 Å². The minimum Gasteiger partial charge on any atom is -0.497 e. The first-order valence-electron chi connectivity index (χ1n) is 9.48. The third kappa shape index (κ3) is 4.38. The van der Waals surface area contributed by atoms with Crippen LogP contribution in [-0.2, 0) is 0 Å². The van der Waals surface area contributed by atoms with Gasteiger partial charge in [-0.3, -0.25) is 0 Å². The molecule has 1 heterocycles. The quantitative estimate of drug-likeness (QED) is 0.754. The first-order valence-corrected chi connectivity index (χ1v) is 9.48. The molecule has 0 unspecified atom stereocenters. The molecule has 6 heteroatoms. The van der Waals surface area contributed by atoms with Crippen LogP contribution >= 0.6 is 0 Å². The van der Waals surface area contributed by atoms with E-state index in [1.165, 1.54) is 6.42 Å². The summed E-state index contributed by atoms with van der Waals surface area (Å²) < 4.78 is 16.2. The number of carbonyl (C=O) groups excluding carboxylic acids is 1. The lowest BCUT2D eigenvalue weighted by molar-refractivity contribution is 0.130. The molecule has 3 rings (SSSR count). The van der Waals surface area contributed by atoms with Crippen molar-refractivity contribution in [2.24, 2.45) is 0 Å². The van der Waals surface area contributed by atoms with Crippen molar-refractivity contribution < 1.29 is 18.7 Å². The fraction of sp³-hybridized carbons (Fsp3) is 0.476. The van der Waals surface area contributed by atoms with Gasteiger partial charge in [0.1, 0.15) is 17.3 Å². The molecule has 1 aromatic heterocycles. The fourth-order valence-corrected chi connectivity index (χ4v) is 3.76. The van der Waals surface area contributed by atoms with Gasteiger partial charge in [0.2, 0.25) is 0 Å². The molecular weight excluding hydrogens is 344 g/mol. The number of furan rings is 1. The van der Waals surface area contributed by atoms with E-state index in [4.69, 9.17) is 13.9 Å². The number of nitrogens with zero attached hydrogens (tertiary/aromatic N) is 1. The SMILES string of the molecule is COc1ccc(NC(=O)N(C2CCCCC2)[C@@H](C)c2ccco2)c(OC)c1. The Hall–Kier alpha value is -2.63. The molecule has 0 spiro atoms. The fourth-order valence-electron chi connectivity index (χ4n) is 3.76. The van der Waals surface area contributed by atoms with Crippen molar-refractivity contribution in [2.75, 3.05) is 19.5 Å². The Morgan fingerprint density at radius 1 is 1.19 bits per heavy atom. The summed E-state index contributed by atoms with van der Waals surface area (Å²) in [7, 11) is 3.18. The van der Waals surface area contributed by atoms with Crippen LogP contribution in [0, 0.1) is 0 Å². The normalized spacial score (nSPS) is 15.8. The van der Waals surface area contributed by atoms with Gasteiger partial charge in [0, 0.05) is 12.1 Å². The minimum atomic E-state index is -0.146. The number of ether oxygens (including phenoxy) is 2. The molecule has 1 saturated carbocycles. The van der Waals surface area contributed by atoms with Crippen molar-refractivity contribution in [1.29, 1.82) is 0 Å². The highest BCUT2D eigenvalue weighted by atomic mass is 16.5. The summed E-state index contributed by atoms with van der Waals surface area (Å²) in [6.07, 6.45) is 7.19. The van der Waals surface area contributed by atoms with Gasteiger partial charge in [-0.2, -0.15) is 0 Å². The number of anilines is 1. The molecule has 0 aliphatic heterocycles. The number of urea groups is 1. The summed E-state index contributed by atoms with van der Waals surface area (Å²) in [5.41, 5.74) is 0.621. The van der Waals surface area contributed by atoms with Crippen molar-refractivity contribution >= 4 is 11.7 Å². The number of nitrogens with one attached hydrogen (secondary N) is 1. The molecule has 1 atom stereocenters. The van der Waals surface area contributed by atoms with E-state index in [2.05, 4.69) is 5.32 Å². The maximum Gasteiger partial charge on any atom is 0.322 e. The van der Waals surface area contributed by atoms with Crippen LogP contribution in [0.25, 0.3) is 0 Å². The Labute approximate surface area is 160 Å². The van der Waals surface area contributed by atoms with Gasteiger partial charge in [-0.1, -0.05) is 19.3 Å². The zero-order valence-electron chi connectivity index (χ0n) is 16.2. The third-order valence-electron chi connectivity index (χ3n) is 5.23. The van der Waals surface area contributed by atoms with E-state index in [9.17, 15) is 4.79 Å². The van der Waals surface area contributed by atoms with Crippen LogP contribution in [-0.4, -0.2) is 31.2 Å². The number of rotatable bonds is 6. The van der Waals surface area contributed by atoms with Crippen LogP contribution in [0.1, 0.15) is 50.8 Å². The van der Waals surface area contributed by atoms with E-state index < -0.39 is 0 Å². The van der Waals surface area contributed by atoms with Crippen molar-refractivity contribution in [1.82, 2.24) is 4.90 Å². The van der Waals surface area contributed by atoms with E-state index >= 15 is 0 Å². The van der Waals surface area contributed by atoms with Crippen LogP contribution in [0.3, 0.4) is 0 Å². The lowest BCUT2D eigenvalue weighted by Gasteiger charge is -2.37. The zero-order chi connectivity index (χ0) is 19.2. The van der Waals surface area contributed by atoms with Crippen molar-refractivity contribution in [3.05, 3.63) is 42.4 Å². The molecule has 2 aromatic rings. The van der Waals surface area contributed by atoms with Crippen LogP contribution < -0.4 is 14.8 Å². The number of hydrogen-bond acceptors (Lipinski definition) is 4. The molecule has 1 fully saturated rings. The van der Waals surface area contributed by atoms with E-state index in [-0.39, 0.29) is 18.1 Å². The highest BCUT2D eigenvalue weighted by molar-refractivity contribution is 5.91. The number of hydrogen-bond donors (Lipinski definition) is 1. The molecule has 27 heavy (non-hydrogen) atoms. The summed E-state index contributed by atoms with van der Waals surface area (Å²) >= 11 is 0. The van der Waals surface area contributed by atoms with Crippen molar-refractivity contribution in [3.8, 4) is 11.5 Å². The van der Waals surface area contributed by atoms with E-state index in [1.54, 1.807) is 38.7 Å². The maximum atomic E-state index is 13.3. The Balaban J connectivity index is 1.84. The second kappa shape index (κ2) is 8.84. The highest BCUT2D eigenvalue weighted by Crippen LogP contribution is 2.33. The van der Waals surface area contributed by atoms with Gasteiger partial charge >= 0.3 is 6.03 Å². The molecule has 146 valence electrons. The Morgan fingerprint density at radius 2 is 1.96 bits per heavy atom. The van der Waals surface area contributed by atoms with Gasteiger partial charge in [-0.25, -0.2) is 4.79 Å². The molecule has 1 aromatic carbocycles. The molecule has 2 amide bonds. The lowest BCUT2D eigenvalue weighted by Crippen LogP contribution is -2.45. The summed E-state index contributed by atoms with van der Waals surface area (Å²) in [6, 6.07) is 9.04. The minimum absolute atomic E-state index is 0.144. The van der Waals surface area contributed by atoms with Crippen molar-refractivity contribution in [3.63, 3.8) is 0 Å². The summed E-state index contributed by atoms with van der Waals surface area (Å²) in [5, 5.41) is 3.02. The van der Waals surface area contributed by atoms with Gasteiger partial charge < -0.3 is 24.1 Å². The number of methoxy groups -OCH3 is 2. The van der Waals surface area contributed by atoms with Crippen LogP contribution in [0.5, 0.6) is 11.5 Å². The van der Waals surface area contributed by atoms with Gasteiger partial charge in [0.25, 0.3) is 0 Å². The zero-order valence-corrected chi connectivity index (χ0v) is 16.2. The second-order valence-corrected chi connectivity index (χ2v) is 6.89. The molecule has 0 bridgehead atoms. The van der Waals surface area contributed by atoms with Crippen molar-refractivity contribution in [2.45, 2.75) is 51.1 Å². The average molecular weight is 372 g/mol. The molecule has 6 nitrogen and oxygen atoms in total. The second-order valence-electron chi connectivity index (χ2n) is 6.89. The highest BCUT2D eigenvalue weighted by Gasteiger charge is 2.32. The monoisotopic (exact) mass is 372 g/mol. The third-order valence-corrected chi connectivity index (χ3v) is 5.23. The van der Waals surface area contributed by atoms with Crippen LogP contribution in [0.2, 0.25) is 0 Å². The Morgan fingerprint density at radius 3 is 2.59 bits per heavy atom. The average Bonchev–Trinajstić information content (AvgIpc) is 3.24. The molecule has 1 aliphatic rings. The van der Waals surface area contributed by atoms with E-state index in [0.29, 0.717) is 17.2 Å². The molecule has 1 aliphatic carbocycles. The standard InChI is InChI=1S/C21H28N2O4/c1-15(19-10-7-13-27-19)23(16-8-5-4-6-9-16)21(24)22-18-12-11-17(25-2)14-20(18)26-3/h7,10-16H,4-6,8-9H2,1-3H3,(H,22,24)/t15-/m0/s1. The van der Waals surface area contributed by atoms with Gasteiger partial charge in [-0.15, -0.1) is 0 Å². The maximum absolute atomic E-state index is 13.3. The molecule has 0 radical (unpaired) electrons. The molecular formula is C21H28N2O4. The number of amides is 2. The Kier molecular flexibility index (Phi) is 6.27. The number of benzene rings is 1. The first-order chi connectivity index (χ1) is 13.1. The van der Waals surface area contributed by atoms with Crippen LogP contribution in [0.15, 0.2) is 41.0 Å². The largest absolute Gasteiger partial charge is 0.497 e. The summed E-state index contributed by atoms with van der Waals surface area (Å²) in [5.74, 6) is 2.03. The summed E-state index contributed by atoms with van der Waals surface area (Å²) in [6.45, 7) is 2.01. The van der Waals surface area contributed by atoms with Gasteiger partial charge in [-0.05, 0) is 44.0 Å². The molecule has 1 N–H and O–H groups in total. The van der Waals surface area contributed by atoms with E-state index in [0.717, 1.165) is 31.4 Å². The topological polar surface area (TPSA) is 63.9 Å². The number of carbonyl (C=O) groups is 1. The predicted octanol–water partition coefficient (Wildman–Crippen LogP) is 5.22. The van der Waals surface area contributed by atoms with Gasteiger partial charge in [0.15, 0.2) is 0 Å². The van der Waals surface area contributed by atoms with E-state index in [1.807, 2.05) is 24.0 Å². The smallest absolute Gasteiger partial charge is 0.322 e. The molecule has 0 saturated heterocycles. The predicted molar refractivity (Wildman–Crippen MR) is 104 cm³/mol. The van der Waals surface area contributed by atoms with Gasteiger partial charge in [0.05, 0.1) is 32.2 Å².